The summed E-state index contributed by atoms with van der Waals surface area (Å²) in [7, 11) is 0. The van der Waals surface area contributed by atoms with E-state index in [0.29, 0.717) is 30.3 Å². The number of nitrogens with one attached hydrogen (secondary N) is 2. The van der Waals surface area contributed by atoms with Crippen molar-refractivity contribution in [2.24, 2.45) is 11.8 Å². The van der Waals surface area contributed by atoms with Gasteiger partial charge in [0.25, 0.3) is 0 Å². The molecule has 2 fully saturated rings. The number of hydrogen-bond donors (Lipinski definition) is 2. The van der Waals surface area contributed by atoms with Gasteiger partial charge in [-0.2, -0.15) is 0 Å². The van der Waals surface area contributed by atoms with E-state index in [4.69, 9.17) is 4.74 Å². The first kappa shape index (κ1) is 20.1. The maximum atomic E-state index is 12.3. The number of amides is 1. The second-order valence-corrected chi connectivity index (χ2v) is 7.78. The Morgan fingerprint density at radius 3 is 2.44 bits per heavy atom. The summed E-state index contributed by atoms with van der Waals surface area (Å²) in [6, 6.07) is 9.00. The van der Waals surface area contributed by atoms with E-state index < -0.39 is 0 Å². The van der Waals surface area contributed by atoms with Crippen LogP contribution in [-0.4, -0.2) is 24.6 Å². The van der Waals surface area contributed by atoms with Crippen molar-refractivity contribution in [3.8, 4) is 5.75 Å². The second kappa shape index (κ2) is 9.44. The molecular formula is C20H31ClN2O2. The molecule has 2 N–H and O–H groups in total. The Morgan fingerprint density at radius 1 is 1.20 bits per heavy atom. The van der Waals surface area contributed by atoms with Crippen LogP contribution in [0.1, 0.15) is 52.4 Å². The Labute approximate surface area is 157 Å². The molecule has 2 heterocycles. The van der Waals surface area contributed by atoms with Crippen LogP contribution in [-0.2, 0) is 4.79 Å². The molecule has 1 aromatic carbocycles. The van der Waals surface area contributed by atoms with Crippen LogP contribution in [0.15, 0.2) is 24.3 Å². The van der Waals surface area contributed by atoms with Gasteiger partial charge in [0.2, 0.25) is 5.91 Å². The average Bonchev–Trinajstić information content (AvgIpc) is 2.87. The molecule has 0 spiro atoms. The monoisotopic (exact) mass is 366 g/mol. The first-order valence-corrected chi connectivity index (χ1v) is 9.37. The van der Waals surface area contributed by atoms with Crippen molar-refractivity contribution in [1.29, 1.82) is 0 Å². The molecule has 140 valence electrons. The molecule has 0 aromatic heterocycles. The molecule has 0 saturated carbocycles. The fourth-order valence-electron chi connectivity index (χ4n) is 3.86. The number of hydrogen-bond acceptors (Lipinski definition) is 3. The number of halogens is 1. The van der Waals surface area contributed by atoms with Gasteiger partial charge in [0, 0.05) is 24.2 Å². The van der Waals surface area contributed by atoms with Gasteiger partial charge in [-0.3, -0.25) is 4.79 Å². The van der Waals surface area contributed by atoms with Crippen molar-refractivity contribution in [3.63, 3.8) is 0 Å². The molecule has 2 aliphatic rings. The van der Waals surface area contributed by atoms with Gasteiger partial charge in [0.1, 0.15) is 5.75 Å². The Kier molecular flexibility index (Phi) is 7.57. The minimum absolute atomic E-state index is 0. The summed E-state index contributed by atoms with van der Waals surface area (Å²) < 4.78 is 5.71. The van der Waals surface area contributed by atoms with Crippen LogP contribution in [0, 0.1) is 11.8 Å². The zero-order valence-corrected chi connectivity index (χ0v) is 16.1. The lowest BCUT2D eigenvalue weighted by molar-refractivity contribution is -0.117. The van der Waals surface area contributed by atoms with E-state index in [2.05, 4.69) is 24.5 Å². The van der Waals surface area contributed by atoms with Crippen molar-refractivity contribution in [1.82, 2.24) is 5.32 Å². The summed E-state index contributed by atoms with van der Waals surface area (Å²) >= 11 is 0. The fraction of sp³-hybridized carbons (Fsp3) is 0.650. The first-order valence-electron chi connectivity index (χ1n) is 9.37. The van der Waals surface area contributed by atoms with Gasteiger partial charge in [-0.1, -0.05) is 13.8 Å². The molecule has 0 aliphatic carbocycles. The lowest BCUT2D eigenvalue weighted by Crippen LogP contribution is -2.39. The van der Waals surface area contributed by atoms with E-state index in [-0.39, 0.29) is 18.3 Å². The quantitative estimate of drug-likeness (QED) is 0.752. The highest BCUT2D eigenvalue weighted by Gasteiger charge is 2.34. The second-order valence-electron chi connectivity index (χ2n) is 7.78. The minimum Gasteiger partial charge on any atom is -0.494 e. The van der Waals surface area contributed by atoms with Crippen LogP contribution in [0.2, 0.25) is 0 Å². The van der Waals surface area contributed by atoms with Crippen LogP contribution in [0.25, 0.3) is 0 Å². The van der Waals surface area contributed by atoms with Crippen molar-refractivity contribution in [2.45, 2.75) is 64.5 Å². The predicted molar refractivity (Wildman–Crippen MR) is 105 cm³/mol. The van der Waals surface area contributed by atoms with Gasteiger partial charge >= 0.3 is 0 Å². The van der Waals surface area contributed by atoms with E-state index in [0.717, 1.165) is 37.3 Å². The zero-order valence-electron chi connectivity index (χ0n) is 15.3. The number of carbonyl (C=O) groups is 1. The van der Waals surface area contributed by atoms with Gasteiger partial charge in [-0.15, -0.1) is 12.4 Å². The van der Waals surface area contributed by atoms with Gasteiger partial charge in [-0.05, 0) is 68.2 Å². The standard InChI is InChI=1S/C20H30N2O2.ClH/c1-14(2)9-10-24-19-7-5-16(6-8-19)22-20(23)13-15-11-17-3-4-18(12-15)21-17;/h5-8,14-15,17-18,21H,3-4,9-13H2,1-2H3,(H,22,23);1H. The number of carbonyl (C=O) groups excluding carboxylic acids is 1. The topological polar surface area (TPSA) is 50.4 Å². The number of rotatable bonds is 7. The molecule has 25 heavy (non-hydrogen) atoms. The van der Waals surface area contributed by atoms with Gasteiger partial charge in [-0.25, -0.2) is 0 Å². The minimum atomic E-state index is 0. The SMILES string of the molecule is CC(C)CCOc1ccc(NC(=O)CC2CC3CCC(C2)N3)cc1.Cl. The van der Waals surface area contributed by atoms with Gasteiger partial charge < -0.3 is 15.4 Å². The molecule has 2 saturated heterocycles. The molecule has 0 radical (unpaired) electrons. The highest BCUT2D eigenvalue weighted by molar-refractivity contribution is 5.90. The van der Waals surface area contributed by atoms with Crippen LogP contribution < -0.4 is 15.4 Å². The van der Waals surface area contributed by atoms with Crippen LogP contribution in [0.4, 0.5) is 5.69 Å². The third-order valence-corrected chi connectivity index (χ3v) is 5.15. The van der Waals surface area contributed by atoms with Crippen LogP contribution in [0.3, 0.4) is 0 Å². The molecule has 2 atom stereocenters. The van der Waals surface area contributed by atoms with Gasteiger partial charge in [0.05, 0.1) is 6.61 Å². The third-order valence-electron chi connectivity index (χ3n) is 5.15. The maximum Gasteiger partial charge on any atom is 0.224 e. The van der Waals surface area contributed by atoms with E-state index in [9.17, 15) is 4.79 Å². The summed E-state index contributed by atoms with van der Waals surface area (Å²) in [6.07, 6.45) is 6.54. The maximum absolute atomic E-state index is 12.3. The van der Waals surface area contributed by atoms with Crippen LogP contribution >= 0.6 is 12.4 Å². The number of ether oxygens (including phenoxy) is 1. The predicted octanol–water partition coefficient (Wildman–Crippen LogP) is 4.39. The first-order chi connectivity index (χ1) is 11.6. The van der Waals surface area contributed by atoms with Crippen LogP contribution in [0.5, 0.6) is 5.75 Å². The Morgan fingerprint density at radius 2 is 1.84 bits per heavy atom. The van der Waals surface area contributed by atoms with E-state index in [1.165, 1.54) is 12.8 Å². The highest BCUT2D eigenvalue weighted by atomic mass is 35.5. The van der Waals surface area contributed by atoms with Gasteiger partial charge in [0.15, 0.2) is 0 Å². The Bertz CT molecular complexity index is 535. The largest absolute Gasteiger partial charge is 0.494 e. The molecular weight excluding hydrogens is 336 g/mol. The smallest absolute Gasteiger partial charge is 0.224 e. The summed E-state index contributed by atoms with van der Waals surface area (Å²) in [5.74, 6) is 2.18. The number of piperidine rings is 1. The number of benzene rings is 1. The fourth-order valence-corrected chi connectivity index (χ4v) is 3.86. The van der Waals surface area contributed by atoms with E-state index in [1.807, 2.05) is 24.3 Å². The van der Waals surface area contributed by atoms with Crippen molar-refractivity contribution < 1.29 is 9.53 Å². The molecule has 2 unspecified atom stereocenters. The molecule has 1 amide bonds. The molecule has 1 aromatic rings. The molecule has 2 aliphatic heterocycles. The Balaban J connectivity index is 0.00000225. The average molecular weight is 367 g/mol. The Hall–Kier alpha value is -1.26. The highest BCUT2D eigenvalue weighted by Crippen LogP contribution is 2.32. The number of anilines is 1. The molecule has 5 heteroatoms. The molecule has 3 rings (SSSR count). The lowest BCUT2D eigenvalue weighted by atomic mass is 9.89. The summed E-state index contributed by atoms with van der Waals surface area (Å²) in [5.41, 5.74) is 0.855. The van der Waals surface area contributed by atoms with E-state index >= 15 is 0 Å². The third kappa shape index (κ3) is 6.19. The van der Waals surface area contributed by atoms with E-state index in [1.54, 1.807) is 0 Å². The van der Waals surface area contributed by atoms with Crippen molar-refractivity contribution in [3.05, 3.63) is 24.3 Å². The number of fused-ring (bicyclic) bond motifs is 2. The summed E-state index contributed by atoms with van der Waals surface area (Å²) in [6.45, 7) is 5.12. The van der Waals surface area contributed by atoms with Crippen molar-refractivity contribution in [2.75, 3.05) is 11.9 Å². The zero-order chi connectivity index (χ0) is 16.9. The molecule has 4 nitrogen and oxygen atoms in total. The normalized spacial score (nSPS) is 24.7. The molecule has 2 bridgehead atoms. The van der Waals surface area contributed by atoms with Crippen molar-refractivity contribution >= 4 is 24.0 Å². The lowest BCUT2D eigenvalue weighted by Gasteiger charge is -2.28. The summed E-state index contributed by atoms with van der Waals surface area (Å²) in [4.78, 5) is 12.3. The summed E-state index contributed by atoms with van der Waals surface area (Å²) in [5, 5.41) is 6.65.